The maximum atomic E-state index is 12.8. The molecule has 2 aromatic rings. The van der Waals surface area contributed by atoms with E-state index in [4.69, 9.17) is 5.26 Å². The average molecular weight is 175 g/mol. The van der Waals surface area contributed by atoms with E-state index in [1.54, 1.807) is 6.20 Å². The van der Waals surface area contributed by atoms with E-state index in [0.717, 1.165) is 11.8 Å². The molecule has 0 aliphatic heterocycles. The molecule has 4 heteroatoms. The molecule has 0 bridgehead atoms. The third kappa shape index (κ3) is 1.25. The van der Waals surface area contributed by atoms with Gasteiger partial charge >= 0.3 is 0 Å². The van der Waals surface area contributed by atoms with Gasteiger partial charge in [-0.25, -0.2) is 9.37 Å². The van der Waals surface area contributed by atoms with Gasteiger partial charge in [0.2, 0.25) is 0 Å². The number of nitrogens with one attached hydrogen (secondary N) is 1. The minimum absolute atomic E-state index is 0.269. The summed E-state index contributed by atoms with van der Waals surface area (Å²) in [6.07, 6.45) is 3.10. The Hall–Kier alpha value is -1.89. The largest absolute Gasteiger partial charge is 0.346 e. The fourth-order valence-corrected chi connectivity index (χ4v) is 1.26. The minimum Gasteiger partial charge on any atom is -0.346 e. The van der Waals surface area contributed by atoms with Gasteiger partial charge in [0, 0.05) is 11.6 Å². The summed E-state index contributed by atoms with van der Waals surface area (Å²) in [5.74, 6) is -0.383. The van der Waals surface area contributed by atoms with Gasteiger partial charge in [-0.15, -0.1) is 0 Å². The maximum Gasteiger partial charge on any atom is 0.142 e. The monoisotopic (exact) mass is 175 g/mol. The predicted molar refractivity (Wildman–Crippen MR) is 45.4 cm³/mol. The summed E-state index contributed by atoms with van der Waals surface area (Å²) in [5, 5.41) is 9.17. The van der Waals surface area contributed by atoms with Crippen molar-refractivity contribution in [1.82, 2.24) is 9.97 Å². The van der Waals surface area contributed by atoms with Crippen LogP contribution in [0.5, 0.6) is 0 Å². The summed E-state index contributed by atoms with van der Waals surface area (Å²) in [4.78, 5) is 6.71. The second kappa shape index (κ2) is 2.87. The van der Waals surface area contributed by atoms with Crippen LogP contribution in [-0.4, -0.2) is 9.97 Å². The van der Waals surface area contributed by atoms with E-state index in [1.165, 1.54) is 6.07 Å². The molecular weight excluding hydrogens is 169 g/mol. The number of rotatable bonds is 1. The molecule has 0 unspecified atom stereocenters. The summed E-state index contributed by atoms with van der Waals surface area (Å²) in [5.41, 5.74) is 1.40. The second-order valence-corrected chi connectivity index (χ2v) is 2.70. The van der Waals surface area contributed by atoms with Gasteiger partial charge in [-0.2, -0.15) is 5.26 Å². The van der Waals surface area contributed by atoms with E-state index < -0.39 is 0 Å². The molecule has 1 N–H and O–H groups in total. The lowest BCUT2D eigenvalue weighted by molar-refractivity contribution is 0.624. The zero-order valence-corrected chi connectivity index (χ0v) is 6.71. The van der Waals surface area contributed by atoms with Crippen molar-refractivity contribution in [1.29, 1.82) is 5.26 Å². The number of aromatic amines is 1. The minimum atomic E-state index is -0.383. The molecule has 0 radical (unpaired) electrons. The van der Waals surface area contributed by atoms with Crippen LogP contribution in [0.25, 0.3) is 11.0 Å². The van der Waals surface area contributed by atoms with Crippen molar-refractivity contribution < 1.29 is 4.39 Å². The lowest BCUT2D eigenvalue weighted by atomic mass is 10.2. The van der Waals surface area contributed by atoms with E-state index in [1.807, 2.05) is 6.07 Å². The number of aromatic nitrogens is 2. The van der Waals surface area contributed by atoms with Crippen molar-refractivity contribution in [3.63, 3.8) is 0 Å². The molecule has 0 aliphatic rings. The third-order valence-corrected chi connectivity index (χ3v) is 1.85. The van der Waals surface area contributed by atoms with Gasteiger partial charge in [0.1, 0.15) is 11.5 Å². The van der Waals surface area contributed by atoms with Crippen LogP contribution in [0.4, 0.5) is 4.39 Å². The van der Waals surface area contributed by atoms with Crippen LogP contribution in [0.3, 0.4) is 0 Å². The van der Waals surface area contributed by atoms with Gasteiger partial charge in [0.15, 0.2) is 0 Å². The highest BCUT2D eigenvalue weighted by Crippen LogP contribution is 2.17. The third-order valence-electron chi connectivity index (χ3n) is 1.85. The van der Waals surface area contributed by atoms with Crippen molar-refractivity contribution in [2.75, 3.05) is 0 Å². The number of fused-ring (bicyclic) bond motifs is 1. The highest BCUT2D eigenvalue weighted by molar-refractivity contribution is 5.79. The summed E-state index contributed by atoms with van der Waals surface area (Å²) in [6, 6.07) is 3.39. The SMILES string of the molecule is N#CCc1c[nH]c2ncc(F)cc12. The Labute approximate surface area is 73.8 Å². The number of hydrogen-bond donors (Lipinski definition) is 1. The summed E-state index contributed by atoms with van der Waals surface area (Å²) in [7, 11) is 0. The van der Waals surface area contributed by atoms with Crippen LogP contribution in [-0.2, 0) is 6.42 Å². The molecule has 0 atom stereocenters. The summed E-state index contributed by atoms with van der Waals surface area (Å²) in [6.45, 7) is 0. The van der Waals surface area contributed by atoms with Gasteiger partial charge in [-0.1, -0.05) is 0 Å². The topological polar surface area (TPSA) is 52.5 Å². The molecule has 2 rings (SSSR count). The van der Waals surface area contributed by atoms with Gasteiger partial charge in [-0.3, -0.25) is 0 Å². The number of nitrogens with zero attached hydrogens (tertiary/aromatic N) is 2. The first-order chi connectivity index (χ1) is 6.31. The Bertz CT molecular complexity index is 481. The molecule has 0 amide bonds. The normalized spacial score (nSPS) is 10.2. The van der Waals surface area contributed by atoms with E-state index in [9.17, 15) is 4.39 Å². The Morgan fingerprint density at radius 3 is 3.23 bits per heavy atom. The first-order valence-electron chi connectivity index (χ1n) is 3.79. The first kappa shape index (κ1) is 7.74. The van der Waals surface area contributed by atoms with Gasteiger partial charge < -0.3 is 4.98 Å². The second-order valence-electron chi connectivity index (χ2n) is 2.70. The van der Waals surface area contributed by atoms with Gasteiger partial charge in [0.05, 0.1) is 18.7 Å². The van der Waals surface area contributed by atoms with Crippen LogP contribution >= 0.6 is 0 Å². The number of pyridine rings is 1. The summed E-state index contributed by atoms with van der Waals surface area (Å²) >= 11 is 0. The molecule has 0 aliphatic carbocycles. The van der Waals surface area contributed by atoms with Crippen LogP contribution in [0, 0.1) is 17.1 Å². The molecule has 2 aromatic heterocycles. The molecule has 0 spiro atoms. The average Bonchev–Trinajstić information content (AvgIpc) is 2.49. The van der Waals surface area contributed by atoms with Crippen molar-refractivity contribution in [3.8, 4) is 6.07 Å². The smallest absolute Gasteiger partial charge is 0.142 e. The van der Waals surface area contributed by atoms with Crippen molar-refractivity contribution in [2.45, 2.75) is 6.42 Å². The number of hydrogen-bond acceptors (Lipinski definition) is 2. The van der Waals surface area contributed by atoms with E-state index in [2.05, 4.69) is 9.97 Å². The molecule has 64 valence electrons. The molecule has 13 heavy (non-hydrogen) atoms. The van der Waals surface area contributed by atoms with Crippen LogP contribution in [0.2, 0.25) is 0 Å². The number of H-pyrrole nitrogens is 1. The molecule has 0 aromatic carbocycles. The van der Waals surface area contributed by atoms with E-state index in [0.29, 0.717) is 11.0 Å². The number of halogens is 1. The van der Waals surface area contributed by atoms with Crippen LogP contribution in [0.1, 0.15) is 5.56 Å². The molecule has 0 fully saturated rings. The molecule has 0 saturated heterocycles. The zero-order valence-electron chi connectivity index (χ0n) is 6.71. The number of nitriles is 1. The van der Waals surface area contributed by atoms with Crippen LogP contribution in [0.15, 0.2) is 18.5 Å². The molecule has 0 saturated carbocycles. The highest BCUT2D eigenvalue weighted by Gasteiger charge is 2.04. The Morgan fingerprint density at radius 1 is 1.62 bits per heavy atom. The van der Waals surface area contributed by atoms with Crippen molar-refractivity contribution in [3.05, 3.63) is 29.8 Å². The Morgan fingerprint density at radius 2 is 2.46 bits per heavy atom. The van der Waals surface area contributed by atoms with Crippen LogP contribution < -0.4 is 0 Å². The van der Waals surface area contributed by atoms with Crippen molar-refractivity contribution >= 4 is 11.0 Å². The predicted octanol–water partition coefficient (Wildman–Crippen LogP) is 1.77. The lowest BCUT2D eigenvalue weighted by Crippen LogP contribution is -1.81. The molecule has 2 heterocycles. The van der Waals surface area contributed by atoms with Gasteiger partial charge in [0.25, 0.3) is 0 Å². The maximum absolute atomic E-state index is 12.8. The van der Waals surface area contributed by atoms with E-state index >= 15 is 0 Å². The molecule has 3 nitrogen and oxygen atoms in total. The first-order valence-corrected chi connectivity index (χ1v) is 3.79. The van der Waals surface area contributed by atoms with Gasteiger partial charge in [-0.05, 0) is 11.6 Å². The van der Waals surface area contributed by atoms with Crippen molar-refractivity contribution in [2.24, 2.45) is 0 Å². The fourth-order valence-electron chi connectivity index (χ4n) is 1.26. The highest BCUT2D eigenvalue weighted by atomic mass is 19.1. The lowest BCUT2D eigenvalue weighted by Gasteiger charge is -1.91. The quantitative estimate of drug-likeness (QED) is 0.718. The Kier molecular flexibility index (Phi) is 1.71. The summed E-state index contributed by atoms with van der Waals surface area (Å²) < 4.78 is 12.8. The molecular formula is C9H6FN3. The standard InChI is InChI=1S/C9H6FN3/c10-7-3-8-6(1-2-11)4-12-9(8)13-5-7/h3-5H,1H2,(H,12,13). The fraction of sp³-hybridized carbons (Fsp3) is 0.111. The zero-order chi connectivity index (χ0) is 9.26. The van der Waals surface area contributed by atoms with E-state index in [-0.39, 0.29) is 12.2 Å². The Balaban J connectivity index is 2.66.